The Hall–Kier alpha value is -3.35. The summed E-state index contributed by atoms with van der Waals surface area (Å²) in [5.41, 5.74) is 7.62. The summed E-state index contributed by atoms with van der Waals surface area (Å²) in [5, 5.41) is 3.63. The Bertz CT molecular complexity index is 1070. The highest BCUT2D eigenvalue weighted by Gasteiger charge is 2.28. The van der Waals surface area contributed by atoms with Gasteiger partial charge in [0.1, 0.15) is 18.4 Å². The van der Waals surface area contributed by atoms with E-state index in [1.165, 1.54) is 0 Å². The average molecular weight is 450 g/mol. The zero-order valence-corrected chi connectivity index (χ0v) is 18.1. The maximum absolute atomic E-state index is 12.9. The molecule has 1 fully saturated rings. The van der Waals surface area contributed by atoms with E-state index in [-0.39, 0.29) is 11.9 Å². The maximum Gasteiger partial charge on any atom is 0.269 e. The van der Waals surface area contributed by atoms with E-state index in [0.717, 1.165) is 24.0 Å². The van der Waals surface area contributed by atoms with Crippen molar-refractivity contribution >= 4 is 23.4 Å². The minimum Gasteiger partial charge on any atom is -0.488 e. The summed E-state index contributed by atoms with van der Waals surface area (Å²) >= 11 is 5.92. The maximum atomic E-state index is 12.9. The molecule has 0 aromatic heterocycles. The van der Waals surface area contributed by atoms with Crippen molar-refractivity contribution in [3.63, 3.8) is 0 Å². The van der Waals surface area contributed by atoms with Gasteiger partial charge in [0, 0.05) is 11.1 Å². The van der Waals surface area contributed by atoms with Crippen LogP contribution in [0.3, 0.4) is 0 Å². The first-order valence-electron chi connectivity index (χ1n) is 10.5. The van der Waals surface area contributed by atoms with E-state index in [4.69, 9.17) is 16.3 Å². The molecule has 0 unspecified atom stereocenters. The van der Waals surface area contributed by atoms with E-state index in [1.54, 1.807) is 36.4 Å². The zero-order valence-electron chi connectivity index (χ0n) is 17.4. The molecule has 1 atom stereocenters. The van der Waals surface area contributed by atoms with Gasteiger partial charge in [0.25, 0.3) is 5.91 Å². The summed E-state index contributed by atoms with van der Waals surface area (Å²) in [6.45, 7) is 0.297. The Labute approximate surface area is 191 Å². The quantitative estimate of drug-likeness (QED) is 0.428. The molecule has 1 saturated carbocycles. The fraction of sp³-hybridized carbons (Fsp3) is 0.200. The molecule has 3 aromatic rings. The molecule has 0 bridgehead atoms. The third-order valence-electron chi connectivity index (χ3n) is 5.09. The molecular weight excluding hydrogens is 426 g/mol. The van der Waals surface area contributed by atoms with Crippen molar-refractivity contribution in [1.82, 2.24) is 16.2 Å². The number of carbonyl (C=O) groups excluding carboxylic acids is 2. The minimum atomic E-state index is -0.706. The summed E-state index contributed by atoms with van der Waals surface area (Å²) in [4.78, 5) is 25.6. The van der Waals surface area contributed by atoms with Gasteiger partial charge >= 0.3 is 0 Å². The molecule has 32 heavy (non-hydrogen) atoms. The van der Waals surface area contributed by atoms with Gasteiger partial charge < -0.3 is 10.1 Å². The van der Waals surface area contributed by atoms with Crippen LogP contribution in [0, 0.1) is 0 Å². The molecule has 164 valence electrons. The summed E-state index contributed by atoms with van der Waals surface area (Å²) in [6.07, 6.45) is 1.97. The van der Waals surface area contributed by atoms with E-state index in [1.807, 2.05) is 42.5 Å². The third kappa shape index (κ3) is 5.87. The number of rotatable bonds is 9. The number of benzene rings is 3. The molecule has 2 amide bonds. The first kappa shape index (κ1) is 21.9. The Kier molecular flexibility index (Phi) is 7.04. The summed E-state index contributed by atoms with van der Waals surface area (Å²) in [7, 11) is 0. The number of para-hydroxylation sites is 1. The Balaban J connectivity index is 1.43. The van der Waals surface area contributed by atoms with E-state index in [2.05, 4.69) is 16.2 Å². The summed E-state index contributed by atoms with van der Waals surface area (Å²) < 4.78 is 5.87. The van der Waals surface area contributed by atoms with E-state index in [0.29, 0.717) is 22.9 Å². The fourth-order valence-corrected chi connectivity index (χ4v) is 3.31. The molecule has 4 rings (SSSR count). The van der Waals surface area contributed by atoms with Gasteiger partial charge in [-0.05, 0) is 48.2 Å². The number of ether oxygens (including phenoxy) is 1. The molecule has 0 saturated heterocycles. The lowest BCUT2D eigenvalue weighted by atomic mass is 10.1. The van der Waals surface area contributed by atoms with Gasteiger partial charge in [-0.3, -0.25) is 15.0 Å². The molecule has 7 heteroatoms. The van der Waals surface area contributed by atoms with Crippen molar-refractivity contribution < 1.29 is 14.3 Å². The molecule has 6 nitrogen and oxygen atoms in total. The van der Waals surface area contributed by atoms with E-state index >= 15 is 0 Å². The van der Waals surface area contributed by atoms with Gasteiger partial charge in [-0.15, -0.1) is 0 Å². The Morgan fingerprint density at radius 1 is 0.938 bits per heavy atom. The second-order valence-corrected chi connectivity index (χ2v) is 8.07. The fourth-order valence-electron chi connectivity index (χ4n) is 3.18. The predicted octanol–water partition coefficient (Wildman–Crippen LogP) is 4.17. The second-order valence-electron chi connectivity index (χ2n) is 7.64. The van der Waals surface area contributed by atoms with Gasteiger partial charge in [-0.2, -0.15) is 0 Å². The number of halogens is 1. The normalized spacial score (nSPS) is 13.8. The first-order chi connectivity index (χ1) is 15.6. The molecule has 1 aliphatic rings. The van der Waals surface area contributed by atoms with Gasteiger partial charge in [-0.25, -0.2) is 5.43 Å². The lowest BCUT2D eigenvalue weighted by Gasteiger charge is -2.20. The SMILES string of the molecule is O=C(NN[C@H](C(=O)NC1CC1)c1ccccc1)c1ccccc1OCc1ccc(Cl)cc1. The molecule has 0 spiro atoms. The van der Waals surface area contributed by atoms with Gasteiger partial charge in [0.2, 0.25) is 5.91 Å². The van der Waals surface area contributed by atoms with Crippen LogP contribution in [0.2, 0.25) is 5.02 Å². The van der Waals surface area contributed by atoms with E-state index < -0.39 is 11.9 Å². The minimum absolute atomic E-state index is 0.175. The third-order valence-corrected chi connectivity index (χ3v) is 5.34. The lowest BCUT2D eigenvalue weighted by Crippen LogP contribution is -2.47. The summed E-state index contributed by atoms with van der Waals surface area (Å²) in [6, 6.07) is 23.1. The van der Waals surface area contributed by atoms with Crippen LogP contribution in [0.4, 0.5) is 0 Å². The van der Waals surface area contributed by atoms with Gasteiger partial charge in [0.05, 0.1) is 5.56 Å². The number of hydrogen-bond donors (Lipinski definition) is 3. The van der Waals surface area contributed by atoms with Crippen LogP contribution in [0.1, 0.15) is 40.4 Å². The number of hydrogen-bond acceptors (Lipinski definition) is 4. The first-order valence-corrected chi connectivity index (χ1v) is 10.9. The monoisotopic (exact) mass is 449 g/mol. The van der Waals surface area contributed by atoms with Crippen LogP contribution in [0.25, 0.3) is 0 Å². The molecule has 0 radical (unpaired) electrons. The van der Waals surface area contributed by atoms with Gasteiger partial charge in [0.15, 0.2) is 0 Å². The molecule has 1 aliphatic carbocycles. The molecule has 3 N–H and O–H groups in total. The molecular formula is C25H24ClN3O3. The zero-order chi connectivity index (χ0) is 22.3. The topological polar surface area (TPSA) is 79.5 Å². The van der Waals surface area contributed by atoms with Crippen LogP contribution in [0.5, 0.6) is 5.75 Å². The Morgan fingerprint density at radius 2 is 1.62 bits per heavy atom. The number of carbonyl (C=O) groups is 2. The van der Waals surface area contributed by atoms with Crippen LogP contribution in [0.15, 0.2) is 78.9 Å². The van der Waals surface area contributed by atoms with Crippen LogP contribution >= 0.6 is 11.6 Å². The van der Waals surface area contributed by atoms with Gasteiger partial charge in [-0.1, -0.05) is 66.2 Å². The second kappa shape index (κ2) is 10.3. The largest absolute Gasteiger partial charge is 0.488 e. The van der Waals surface area contributed by atoms with Crippen molar-refractivity contribution in [2.24, 2.45) is 0 Å². The molecule has 0 heterocycles. The number of hydrazine groups is 1. The van der Waals surface area contributed by atoms with Crippen molar-refractivity contribution in [2.75, 3.05) is 0 Å². The lowest BCUT2D eigenvalue weighted by molar-refractivity contribution is -0.123. The number of nitrogens with one attached hydrogen (secondary N) is 3. The van der Waals surface area contributed by atoms with Crippen molar-refractivity contribution in [3.8, 4) is 5.75 Å². The van der Waals surface area contributed by atoms with Crippen LogP contribution in [-0.2, 0) is 11.4 Å². The average Bonchev–Trinajstić information content (AvgIpc) is 3.63. The van der Waals surface area contributed by atoms with Crippen LogP contribution < -0.4 is 20.9 Å². The van der Waals surface area contributed by atoms with Crippen molar-refractivity contribution in [2.45, 2.75) is 31.5 Å². The highest BCUT2D eigenvalue weighted by atomic mass is 35.5. The Morgan fingerprint density at radius 3 is 2.34 bits per heavy atom. The standard InChI is InChI=1S/C25H24ClN3O3/c26-19-12-10-17(11-13-19)16-32-22-9-5-4-8-21(22)24(30)29-28-23(18-6-2-1-3-7-18)25(31)27-20-14-15-20/h1-13,20,23,28H,14-16H2,(H,27,31)(H,29,30)/t23-/m0/s1. The summed E-state index contributed by atoms with van der Waals surface area (Å²) in [5.74, 6) is -0.122. The van der Waals surface area contributed by atoms with Crippen molar-refractivity contribution in [1.29, 1.82) is 0 Å². The predicted molar refractivity (Wildman–Crippen MR) is 123 cm³/mol. The van der Waals surface area contributed by atoms with Crippen molar-refractivity contribution in [3.05, 3.63) is 101 Å². The number of amides is 2. The molecule has 3 aromatic carbocycles. The highest BCUT2D eigenvalue weighted by molar-refractivity contribution is 6.30. The molecule has 0 aliphatic heterocycles. The smallest absolute Gasteiger partial charge is 0.269 e. The highest BCUT2D eigenvalue weighted by Crippen LogP contribution is 2.22. The van der Waals surface area contributed by atoms with Crippen LogP contribution in [-0.4, -0.2) is 17.9 Å². The van der Waals surface area contributed by atoms with E-state index in [9.17, 15) is 9.59 Å².